The second-order valence-electron chi connectivity index (χ2n) is 19.1. The van der Waals surface area contributed by atoms with Crippen molar-refractivity contribution >= 4 is 25.7 Å². The molecule has 424 valence electrons. The van der Waals surface area contributed by atoms with Crippen molar-refractivity contribution in [1.82, 2.24) is 0 Å². The highest BCUT2D eigenvalue weighted by Crippen LogP contribution is 2.43. The minimum absolute atomic E-state index is 0.0379. The summed E-state index contributed by atoms with van der Waals surface area (Å²) < 4.78 is 39.4. The topological polar surface area (TPSA) is 155 Å². The van der Waals surface area contributed by atoms with Crippen LogP contribution in [0.15, 0.2) is 97.2 Å². The van der Waals surface area contributed by atoms with E-state index >= 15 is 0 Å². The van der Waals surface area contributed by atoms with Gasteiger partial charge in [0.05, 0.1) is 19.8 Å². The number of carbonyl (C=O) groups is 3. The van der Waals surface area contributed by atoms with Gasteiger partial charge in [-0.1, -0.05) is 227 Å². The van der Waals surface area contributed by atoms with E-state index < -0.39 is 57.8 Å². The molecule has 11 nitrogen and oxygen atoms in total. The fourth-order valence-electron chi connectivity index (χ4n) is 7.59. The van der Waals surface area contributed by atoms with E-state index in [0.717, 1.165) is 89.9 Å². The lowest BCUT2D eigenvalue weighted by Gasteiger charge is -2.21. The Morgan fingerprint density at radius 1 is 0.392 bits per heavy atom. The summed E-state index contributed by atoms with van der Waals surface area (Å²) in [6, 6.07) is 0. The van der Waals surface area contributed by atoms with Gasteiger partial charge in [-0.25, -0.2) is 4.57 Å². The number of esters is 3. The lowest BCUT2D eigenvalue weighted by atomic mass is 10.1. The van der Waals surface area contributed by atoms with Crippen molar-refractivity contribution in [3.05, 3.63) is 97.2 Å². The molecule has 0 aliphatic heterocycles. The van der Waals surface area contributed by atoms with Gasteiger partial charge >= 0.3 is 25.7 Å². The number of unbranched alkanes of at least 4 members (excludes halogenated alkanes) is 20. The standard InChI is InChI=1S/C62H105O11P/c1-4-7-10-13-16-19-22-24-26-28-29-31-33-35-38-41-44-47-50-53-62(66)73-59(55-69-60(64)51-48-45-42-39-37-34-32-30-27-25-23-20-17-14-11-8-5-2)57-71-74(67,68)70-56-58(54-63)72-61(65)52-49-46-43-40-36-21-18-15-12-9-6-3/h7,10,16-17,19-20,24-27,29,31,35,38,44,47,58-59,63H,4-6,8-9,11-15,18,21-23,28,30,32-34,36-37,39-43,45-46,48-57H2,1-3H3,(H,67,68)/b10-7-,19-16-,20-17-,26-24-,27-25-,31-29-,38-35-,47-44-. The summed E-state index contributed by atoms with van der Waals surface area (Å²) in [5.74, 6) is -1.58. The first-order valence-corrected chi connectivity index (χ1v) is 30.6. The number of ether oxygens (including phenoxy) is 3. The van der Waals surface area contributed by atoms with Crippen LogP contribution in [0.25, 0.3) is 0 Å². The maximum Gasteiger partial charge on any atom is 0.472 e. The van der Waals surface area contributed by atoms with Crippen LogP contribution in [0.5, 0.6) is 0 Å². The SMILES string of the molecule is CC/C=C\C/C=C\C/C=C\C/C=C\C/C=C\C/C=C\CCC(=O)OC(COC(=O)CCCCCCCCC/C=C\C/C=C\CCCCC)COP(=O)(O)OCC(CO)OC(=O)CCCCCCCCCCCCC. The predicted molar refractivity (Wildman–Crippen MR) is 307 cm³/mol. The molecule has 0 heterocycles. The normalized spacial score (nSPS) is 14.1. The number of aliphatic hydroxyl groups excluding tert-OH is 1. The average molecular weight is 1060 g/mol. The van der Waals surface area contributed by atoms with E-state index in [4.69, 9.17) is 23.3 Å². The quantitative estimate of drug-likeness (QED) is 0.0197. The Labute approximate surface area is 451 Å². The highest BCUT2D eigenvalue weighted by molar-refractivity contribution is 7.47. The van der Waals surface area contributed by atoms with Gasteiger partial charge in [-0.15, -0.1) is 0 Å². The Hall–Kier alpha value is -3.60. The lowest BCUT2D eigenvalue weighted by Crippen LogP contribution is -2.30. The van der Waals surface area contributed by atoms with Gasteiger partial charge in [0, 0.05) is 19.3 Å². The minimum Gasteiger partial charge on any atom is -0.462 e. The van der Waals surface area contributed by atoms with Crippen LogP contribution in [0.4, 0.5) is 0 Å². The van der Waals surface area contributed by atoms with Gasteiger partial charge in [0.2, 0.25) is 0 Å². The Balaban J connectivity index is 4.86. The zero-order valence-corrected chi connectivity index (χ0v) is 47.7. The van der Waals surface area contributed by atoms with Crippen LogP contribution in [0.3, 0.4) is 0 Å². The fraction of sp³-hybridized carbons (Fsp3) is 0.694. The van der Waals surface area contributed by atoms with E-state index in [9.17, 15) is 28.9 Å². The maximum absolute atomic E-state index is 12.9. The van der Waals surface area contributed by atoms with E-state index in [1.807, 2.05) is 12.2 Å². The first-order valence-electron chi connectivity index (χ1n) is 29.1. The van der Waals surface area contributed by atoms with Crippen LogP contribution >= 0.6 is 7.82 Å². The summed E-state index contributed by atoms with van der Waals surface area (Å²) >= 11 is 0. The molecule has 3 unspecified atom stereocenters. The number of hydrogen-bond donors (Lipinski definition) is 2. The second kappa shape index (κ2) is 55.6. The van der Waals surface area contributed by atoms with Crippen LogP contribution in [0.1, 0.15) is 239 Å². The van der Waals surface area contributed by atoms with Crippen molar-refractivity contribution in [3.63, 3.8) is 0 Å². The van der Waals surface area contributed by atoms with Crippen molar-refractivity contribution < 1.29 is 52.2 Å². The molecular formula is C62H105O11P. The molecule has 0 aliphatic rings. The Morgan fingerprint density at radius 2 is 0.730 bits per heavy atom. The largest absolute Gasteiger partial charge is 0.472 e. The number of phosphoric acid groups is 1. The van der Waals surface area contributed by atoms with Crippen molar-refractivity contribution in [1.29, 1.82) is 0 Å². The molecule has 0 rings (SSSR count). The molecule has 0 saturated carbocycles. The van der Waals surface area contributed by atoms with Gasteiger partial charge in [0.25, 0.3) is 0 Å². The molecule has 0 bridgehead atoms. The Morgan fingerprint density at radius 3 is 1.19 bits per heavy atom. The zero-order chi connectivity index (χ0) is 54.1. The molecule has 0 amide bonds. The molecule has 0 radical (unpaired) electrons. The smallest absolute Gasteiger partial charge is 0.462 e. The molecule has 0 aromatic heterocycles. The third kappa shape index (κ3) is 53.2. The third-order valence-electron chi connectivity index (χ3n) is 12.0. The van der Waals surface area contributed by atoms with Gasteiger partial charge in [-0.3, -0.25) is 23.4 Å². The molecule has 0 aromatic carbocycles. The summed E-state index contributed by atoms with van der Waals surface area (Å²) in [4.78, 5) is 48.5. The predicted octanol–water partition coefficient (Wildman–Crippen LogP) is 17.3. The monoisotopic (exact) mass is 1060 g/mol. The van der Waals surface area contributed by atoms with Crippen LogP contribution < -0.4 is 0 Å². The Bertz CT molecular complexity index is 1610. The second-order valence-corrected chi connectivity index (χ2v) is 20.5. The zero-order valence-electron chi connectivity index (χ0n) is 46.8. The van der Waals surface area contributed by atoms with Crippen molar-refractivity contribution in [2.45, 2.75) is 251 Å². The van der Waals surface area contributed by atoms with Crippen molar-refractivity contribution in [2.75, 3.05) is 26.4 Å². The number of carbonyl (C=O) groups excluding carboxylic acids is 3. The highest BCUT2D eigenvalue weighted by atomic mass is 31.2. The molecule has 12 heteroatoms. The van der Waals surface area contributed by atoms with Crippen molar-refractivity contribution in [3.8, 4) is 0 Å². The average Bonchev–Trinajstić information content (AvgIpc) is 3.39. The van der Waals surface area contributed by atoms with E-state index in [1.54, 1.807) is 0 Å². The number of rotatable bonds is 53. The molecule has 3 atom stereocenters. The summed E-state index contributed by atoms with van der Waals surface area (Å²) in [5, 5.41) is 9.79. The third-order valence-corrected chi connectivity index (χ3v) is 13.0. The van der Waals surface area contributed by atoms with Crippen LogP contribution in [0.2, 0.25) is 0 Å². The molecular weight excluding hydrogens is 952 g/mol. The van der Waals surface area contributed by atoms with Gasteiger partial charge in [0.1, 0.15) is 12.7 Å². The summed E-state index contributed by atoms with van der Waals surface area (Å²) in [7, 11) is -4.77. The summed E-state index contributed by atoms with van der Waals surface area (Å²) in [5.41, 5.74) is 0. The van der Waals surface area contributed by atoms with Gasteiger partial charge in [0.15, 0.2) is 6.10 Å². The first kappa shape index (κ1) is 70.4. The van der Waals surface area contributed by atoms with E-state index in [1.165, 1.54) is 83.5 Å². The minimum atomic E-state index is -4.77. The van der Waals surface area contributed by atoms with Crippen LogP contribution in [-0.2, 0) is 42.2 Å². The summed E-state index contributed by atoms with van der Waals surface area (Å²) in [6.07, 6.45) is 65.2. The lowest BCUT2D eigenvalue weighted by molar-refractivity contribution is -0.161. The van der Waals surface area contributed by atoms with E-state index in [0.29, 0.717) is 25.7 Å². The van der Waals surface area contributed by atoms with E-state index in [2.05, 4.69) is 106 Å². The molecule has 0 aliphatic carbocycles. The summed E-state index contributed by atoms with van der Waals surface area (Å²) in [6.45, 7) is 4.41. The molecule has 0 fully saturated rings. The van der Waals surface area contributed by atoms with Gasteiger partial charge < -0.3 is 24.2 Å². The molecule has 0 spiro atoms. The maximum atomic E-state index is 12.9. The van der Waals surface area contributed by atoms with Gasteiger partial charge in [-0.05, 0) is 89.9 Å². The van der Waals surface area contributed by atoms with Crippen molar-refractivity contribution in [2.24, 2.45) is 0 Å². The number of hydrogen-bond acceptors (Lipinski definition) is 10. The van der Waals surface area contributed by atoms with Crippen LogP contribution in [0, 0.1) is 0 Å². The molecule has 0 saturated heterocycles. The highest BCUT2D eigenvalue weighted by Gasteiger charge is 2.28. The Kier molecular flexibility index (Phi) is 52.9. The number of phosphoric ester groups is 1. The first-order chi connectivity index (χ1) is 36.2. The van der Waals surface area contributed by atoms with Crippen LogP contribution in [-0.4, -0.2) is 66.5 Å². The number of aliphatic hydroxyl groups is 1. The number of allylic oxidation sites excluding steroid dienone is 16. The fourth-order valence-corrected chi connectivity index (χ4v) is 8.37. The van der Waals surface area contributed by atoms with E-state index in [-0.39, 0.29) is 25.9 Å². The molecule has 74 heavy (non-hydrogen) atoms. The van der Waals surface area contributed by atoms with Gasteiger partial charge in [-0.2, -0.15) is 0 Å². The molecule has 2 N–H and O–H groups in total. The molecule has 0 aromatic rings.